The minimum Gasteiger partial charge on any atom is -0.381 e. The summed E-state index contributed by atoms with van der Waals surface area (Å²) in [5, 5.41) is 3.11. The van der Waals surface area contributed by atoms with Crippen LogP contribution in [0.4, 0.5) is 0 Å². The van der Waals surface area contributed by atoms with E-state index in [-0.39, 0.29) is 5.91 Å². The zero-order valence-corrected chi connectivity index (χ0v) is 13.4. The van der Waals surface area contributed by atoms with Gasteiger partial charge >= 0.3 is 0 Å². The molecular weight excluding hydrogens is 254 g/mol. The first-order chi connectivity index (χ1) is 9.41. The highest BCUT2D eigenvalue weighted by molar-refractivity contribution is 5.83. The molecule has 0 spiro atoms. The van der Waals surface area contributed by atoms with Crippen molar-refractivity contribution in [3.8, 4) is 0 Å². The Morgan fingerprint density at radius 2 is 1.95 bits per heavy atom. The van der Waals surface area contributed by atoms with Crippen LogP contribution in [0.1, 0.15) is 33.1 Å². The first-order valence-corrected chi connectivity index (χ1v) is 7.64. The molecule has 5 heteroatoms. The van der Waals surface area contributed by atoms with Gasteiger partial charge in [-0.3, -0.25) is 4.79 Å². The van der Waals surface area contributed by atoms with Gasteiger partial charge in [0.2, 0.25) is 5.91 Å². The van der Waals surface area contributed by atoms with E-state index in [1.165, 1.54) is 0 Å². The van der Waals surface area contributed by atoms with Gasteiger partial charge in [0.15, 0.2) is 0 Å². The Morgan fingerprint density at radius 1 is 1.35 bits per heavy atom. The van der Waals surface area contributed by atoms with Crippen LogP contribution in [0.15, 0.2) is 0 Å². The second kappa shape index (κ2) is 7.96. The quantitative estimate of drug-likeness (QED) is 0.727. The second-order valence-corrected chi connectivity index (χ2v) is 6.55. The van der Waals surface area contributed by atoms with Gasteiger partial charge < -0.3 is 20.7 Å². The number of nitrogens with one attached hydrogen (secondary N) is 1. The summed E-state index contributed by atoms with van der Waals surface area (Å²) in [6.07, 6.45) is 2.53. The lowest BCUT2D eigenvalue weighted by molar-refractivity contribution is -0.136. The van der Waals surface area contributed by atoms with Crippen molar-refractivity contribution in [2.75, 3.05) is 40.4 Å². The molecule has 5 nitrogen and oxygen atoms in total. The van der Waals surface area contributed by atoms with Gasteiger partial charge in [0.25, 0.3) is 0 Å². The van der Waals surface area contributed by atoms with Crippen LogP contribution < -0.4 is 11.1 Å². The summed E-state index contributed by atoms with van der Waals surface area (Å²) in [5.41, 5.74) is 5.44. The number of carbonyl (C=O) groups excluding carboxylic acids is 1. The lowest BCUT2D eigenvalue weighted by Crippen LogP contribution is -2.51. The smallest absolute Gasteiger partial charge is 0.227 e. The summed E-state index contributed by atoms with van der Waals surface area (Å²) in [7, 11) is 4.12. The van der Waals surface area contributed by atoms with Crippen LogP contribution in [-0.2, 0) is 9.53 Å². The third-order valence-corrected chi connectivity index (χ3v) is 4.29. The molecule has 1 rings (SSSR count). The van der Waals surface area contributed by atoms with Gasteiger partial charge in [-0.05, 0) is 39.3 Å². The molecule has 0 aliphatic carbocycles. The standard InChI is InChI=1S/C15H31N3O2/c1-12(2)9-13(18(3)4)10-17-14(19)15(11-16)5-7-20-8-6-15/h12-13H,5-11,16H2,1-4H3,(H,17,19). The van der Waals surface area contributed by atoms with E-state index >= 15 is 0 Å². The first-order valence-electron chi connectivity index (χ1n) is 7.64. The summed E-state index contributed by atoms with van der Waals surface area (Å²) in [5.74, 6) is 0.713. The minimum atomic E-state index is -0.424. The summed E-state index contributed by atoms with van der Waals surface area (Å²) >= 11 is 0. The predicted octanol–water partition coefficient (Wildman–Crippen LogP) is 0.834. The lowest BCUT2D eigenvalue weighted by atomic mass is 9.79. The normalized spacial score (nSPS) is 20.1. The highest BCUT2D eigenvalue weighted by atomic mass is 16.5. The molecule has 20 heavy (non-hydrogen) atoms. The number of amides is 1. The molecule has 1 amide bonds. The molecule has 3 N–H and O–H groups in total. The van der Waals surface area contributed by atoms with Crippen LogP contribution in [0.2, 0.25) is 0 Å². The molecule has 1 saturated heterocycles. The first kappa shape index (κ1) is 17.4. The third-order valence-electron chi connectivity index (χ3n) is 4.29. The predicted molar refractivity (Wildman–Crippen MR) is 81.5 cm³/mol. The van der Waals surface area contributed by atoms with Gasteiger partial charge in [-0.1, -0.05) is 13.8 Å². The third kappa shape index (κ3) is 4.72. The zero-order valence-electron chi connectivity index (χ0n) is 13.4. The Kier molecular flexibility index (Phi) is 6.92. The highest BCUT2D eigenvalue weighted by Gasteiger charge is 2.38. The van der Waals surface area contributed by atoms with Gasteiger partial charge in [-0.2, -0.15) is 0 Å². The largest absolute Gasteiger partial charge is 0.381 e. The highest BCUT2D eigenvalue weighted by Crippen LogP contribution is 2.29. The van der Waals surface area contributed by atoms with Crippen molar-refractivity contribution in [1.29, 1.82) is 0 Å². The van der Waals surface area contributed by atoms with Crippen molar-refractivity contribution >= 4 is 5.91 Å². The molecule has 0 aromatic heterocycles. The summed E-state index contributed by atoms with van der Waals surface area (Å²) < 4.78 is 5.35. The fraction of sp³-hybridized carbons (Fsp3) is 0.933. The van der Waals surface area contributed by atoms with E-state index in [9.17, 15) is 4.79 Å². The Hall–Kier alpha value is -0.650. The van der Waals surface area contributed by atoms with E-state index in [4.69, 9.17) is 10.5 Å². The molecule has 0 saturated carbocycles. The zero-order chi connectivity index (χ0) is 15.2. The van der Waals surface area contributed by atoms with E-state index in [0.717, 1.165) is 19.3 Å². The molecule has 1 atom stereocenters. The Bertz CT molecular complexity index is 299. The van der Waals surface area contributed by atoms with Crippen molar-refractivity contribution in [1.82, 2.24) is 10.2 Å². The van der Waals surface area contributed by atoms with E-state index in [1.54, 1.807) is 0 Å². The summed E-state index contributed by atoms with van der Waals surface area (Å²) in [6, 6.07) is 0.369. The SMILES string of the molecule is CC(C)CC(CNC(=O)C1(CN)CCOCC1)N(C)C. The molecular formula is C15H31N3O2. The maximum atomic E-state index is 12.5. The van der Waals surface area contributed by atoms with Crippen LogP contribution in [-0.4, -0.2) is 57.2 Å². The molecule has 1 aliphatic rings. The van der Waals surface area contributed by atoms with E-state index < -0.39 is 5.41 Å². The van der Waals surface area contributed by atoms with Crippen molar-refractivity contribution in [2.24, 2.45) is 17.1 Å². The number of carbonyl (C=O) groups is 1. The average Bonchev–Trinajstić information content (AvgIpc) is 2.43. The van der Waals surface area contributed by atoms with Crippen LogP contribution >= 0.6 is 0 Å². The molecule has 0 aromatic carbocycles. The molecule has 1 heterocycles. The van der Waals surface area contributed by atoms with Crippen molar-refractivity contribution in [3.63, 3.8) is 0 Å². The molecule has 0 radical (unpaired) electrons. The monoisotopic (exact) mass is 285 g/mol. The Labute approximate surface area is 123 Å². The van der Waals surface area contributed by atoms with Gasteiger partial charge in [0.1, 0.15) is 0 Å². The van der Waals surface area contributed by atoms with Crippen LogP contribution in [0, 0.1) is 11.3 Å². The van der Waals surface area contributed by atoms with E-state index in [2.05, 4.69) is 38.2 Å². The lowest BCUT2D eigenvalue weighted by Gasteiger charge is -2.35. The summed E-state index contributed by atoms with van der Waals surface area (Å²) in [4.78, 5) is 14.7. The van der Waals surface area contributed by atoms with Gasteiger partial charge in [-0.15, -0.1) is 0 Å². The molecule has 0 bridgehead atoms. The van der Waals surface area contributed by atoms with Crippen molar-refractivity contribution in [3.05, 3.63) is 0 Å². The topological polar surface area (TPSA) is 67.6 Å². The van der Waals surface area contributed by atoms with E-state index in [1.807, 2.05) is 0 Å². The van der Waals surface area contributed by atoms with Gasteiger partial charge in [-0.25, -0.2) is 0 Å². The number of hydrogen-bond donors (Lipinski definition) is 2. The summed E-state index contributed by atoms with van der Waals surface area (Å²) in [6.45, 7) is 6.77. The fourth-order valence-electron chi connectivity index (χ4n) is 2.70. The minimum absolute atomic E-state index is 0.0962. The van der Waals surface area contributed by atoms with Gasteiger partial charge in [0, 0.05) is 32.3 Å². The number of nitrogens with two attached hydrogens (primary N) is 1. The number of hydrogen-bond acceptors (Lipinski definition) is 4. The number of nitrogens with zero attached hydrogens (tertiary/aromatic N) is 1. The molecule has 1 aliphatic heterocycles. The van der Waals surface area contributed by atoms with Crippen LogP contribution in [0.3, 0.4) is 0 Å². The molecule has 1 unspecified atom stereocenters. The maximum Gasteiger partial charge on any atom is 0.227 e. The van der Waals surface area contributed by atoms with Crippen LogP contribution in [0.25, 0.3) is 0 Å². The Morgan fingerprint density at radius 3 is 2.40 bits per heavy atom. The number of ether oxygens (including phenoxy) is 1. The molecule has 118 valence electrons. The average molecular weight is 285 g/mol. The number of likely N-dealkylation sites (N-methyl/N-ethyl adjacent to an activating group) is 1. The van der Waals surface area contributed by atoms with Crippen molar-refractivity contribution in [2.45, 2.75) is 39.2 Å². The number of rotatable bonds is 7. The van der Waals surface area contributed by atoms with Crippen molar-refractivity contribution < 1.29 is 9.53 Å². The molecule has 0 aromatic rings. The Balaban J connectivity index is 2.55. The second-order valence-electron chi connectivity index (χ2n) is 6.55. The van der Waals surface area contributed by atoms with Crippen LogP contribution in [0.5, 0.6) is 0 Å². The fourth-order valence-corrected chi connectivity index (χ4v) is 2.70. The van der Waals surface area contributed by atoms with E-state index in [0.29, 0.717) is 38.3 Å². The maximum absolute atomic E-state index is 12.5. The molecule has 1 fully saturated rings. The van der Waals surface area contributed by atoms with Gasteiger partial charge in [0.05, 0.1) is 5.41 Å².